The van der Waals surface area contributed by atoms with E-state index in [1.807, 2.05) is 31.2 Å². The van der Waals surface area contributed by atoms with Gasteiger partial charge in [0.2, 0.25) is 5.91 Å². The van der Waals surface area contributed by atoms with Crippen molar-refractivity contribution in [3.8, 4) is 5.75 Å². The summed E-state index contributed by atoms with van der Waals surface area (Å²) in [6, 6.07) is 14.7. The lowest BCUT2D eigenvalue weighted by Crippen LogP contribution is -2.27. The Labute approximate surface area is 154 Å². The van der Waals surface area contributed by atoms with Gasteiger partial charge in [0.15, 0.2) is 0 Å². The second-order valence-electron chi connectivity index (χ2n) is 6.08. The number of carbonyl (C=O) groups excluding carboxylic acids is 1. The number of ether oxygens (including phenoxy) is 1. The number of carbonyl (C=O) groups is 1. The fourth-order valence-corrected chi connectivity index (χ4v) is 3.01. The maximum atomic E-state index is 12.7. The second-order valence-corrected chi connectivity index (χ2v) is 6.08. The monoisotopic (exact) mass is 362 g/mol. The average Bonchev–Trinajstić information content (AvgIpc) is 3.05. The lowest BCUT2D eigenvalue weighted by Gasteiger charge is -2.08. The van der Waals surface area contributed by atoms with Crippen LogP contribution in [0.15, 0.2) is 59.7 Å². The van der Waals surface area contributed by atoms with Crippen molar-refractivity contribution < 1.29 is 9.53 Å². The number of hydrogen-bond acceptors (Lipinski definition) is 4. The highest BCUT2D eigenvalue weighted by molar-refractivity contribution is 6.04. The number of H-pyrrole nitrogens is 1. The number of amides is 1. The first-order chi connectivity index (χ1) is 13.2. The molecule has 0 fully saturated rings. The number of rotatable bonds is 5. The predicted octanol–water partition coefficient (Wildman–Crippen LogP) is 2.92. The van der Waals surface area contributed by atoms with Crippen molar-refractivity contribution in [3.63, 3.8) is 0 Å². The van der Waals surface area contributed by atoms with Crippen LogP contribution in [0.4, 0.5) is 5.69 Å². The lowest BCUT2D eigenvalue weighted by molar-refractivity contribution is -0.116. The number of hydrogen-bond donors (Lipinski definition) is 2. The smallest absolute Gasteiger partial charge is 0.278 e. The molecule has 0 radical (unpaired) electrons. The number of nitrogens with zero attached hydrogens (tertiary/aromatic N) is 2. The summed E-state index contributed by atoms with van der Waals surface area (Å²) in [6.45, 7) is 2.37. The molecule has 0 bridgehead atoms. The predicted molar refractivity (Wildman–Crippen MR) is 104 cm³/mol. The van der Waals surface area contributed by atoms with E-state index in [2.05, 4.69) is 15.3 Å². The molecule has 7 heteroatoms. The summed E-state index contributed by atoms with van der Waals surface area (Å²) in [4.78, 5) is 32.5. The Morgan fingerprint density at radius 1 is 1.19 bits per heavy atom. The van der Waals surface area contributed by atoms with E-state index in [4.69, 9.17) is 4.74 Å². The van der Waals surface area contributed by atoms with Gasteiger partial charge in [-0.2, -0.15) is 0 Å². The van der Waals surface area contributed by atoms with Crippen LogP contribution in [0.5, 0.6) is 5.75 Å². The first-order valence-electron chi connectivity index (χ1n) is 8.64. The van der Waals surface area contributed by atoms with E-state index >= 15 is 0 Å². The fourth-order valence-electron chi connectivity index (χ4n) is 3.01. The van der Waals surface area contributed by atoms with Crippen LogP contribution >= 0.6 is 0 Å². The highest BCUT2D eigenvalue weighted by Crippen LogP contribution is 2.20. The zero-order valence-corrected chi connectivity index (χ0v) is 14.7. The van der Waals surface area contributed by atoms with Crippen LogP contribution in [-0.4, -0.2) is 27.0 Å². The molecule has 1 amide bonds. The third kappa shape index (κ3) is 3.27. The van der Waals surface area contributed by atoms with Crippen LogP contribution in [0.3, 0.4) is 0 Å². The number of anilines is 1. The maximum Gasteiger partial charge on any atom is 0.278 e. The molecule has 0 spiro atoms. The third-order valence-electron chi connectivity index (χ3n) is 4.24. The van der Waals surface area contributed by atoms with Gasteiger partial charge in [0.25, 0.3) is 5.56 Å². The van der Waals surface area contributed by atoms with Gasteiger partial charge in [0, 0.05) is 16.6 Å². The van der Waals surface area contributed by atoms with E-state index in [0.29, 0.717) is 23.3 Å². The van der Waals surface area contributed by atoms with E-state index in [1.165, 1.54) is 10.9 Å². The molecule has 4 aromatic rings. The average molecular weight is 362 g/mol. The summed E-state index contributed by atoms with van der Waals surface area (Å²) in [6.07, 6.45) is 1.41. The van der Waals surface area contributed by atoms with Gasteiger partial charge in [-0.25, -0.2) is 4.98 Å². The molecule has 27 heavy (non-hydrogen) atoms. The Bertz CT molecular complexity index is 1180. The first kappa shape index (κ1) is 16.8. The van der Waals surface area contributed by atoms with Gasteiger partial charge in [-0.1, -0.05) is 18.2 Å². The van der Waals surface area contributed by atoms with Gasteiger partial charge >= 0.3 is 0 Å². The molecule has 2 N–H and O–H groups in total. The molecule has 7 nitrogen and oxygen atoms in total. The Balaban J connectivity index is 1.55. The maximum absolute atomic E-state index is 12.7. The van der Waals surface area contributed by atoms with Gasteiger partial charge in [0.05, 0.1) is 12.9 Å². The molecular weight excluding hydrogens is 344 g/mol. The molecule has 0 unspecified atom stereocenters. The summed E-state index contributed by atoms with van der Waals surface area (Å²) in [5.41, 5.74) is 2.20. The molecule has 2 heterocycles. The summed E-state index contributed by atoms with van der Waals surface area (Å²) < 4.78 is 6.67. The van der Waals surface area contributed by atoms with Gasteiger partial charge in [-0.05, 0) is 37.3 Å². The number of aromatic amines is 1. The molecule has 0 aliphatic rings. The Hall–Kier alpha value is -3.61. The molecule has 4 rings (SSSR count). The van der Waals surface area contributed by atoms with Crippen LogP contribution in [-0.2, 0) is 11.3 Å². The van der Waals surface area contributed by atoms with E-state index in [9.17, 15) is 9.59 Å². The molecular formula is C20H18N4O3. The van der Waals surface area contributed by atoms with Crippen molar-refractivity contribution in [2.45, 2.75) is 13.5 Å². The van der Waals surface area contributed by atoms with Gasteiger partial charge < -0.3 is 15.0 Å². The van der Waals surface area contributed by atoms with Crippen LogP contribution in [0.2, 0.25) is 0 Å². The van der Waals surface area contributed by atoms with Crippen molar-refractivity contribution >= 4 is 33.5 Å². The van der Waals surface area contributed by atoms with E-state index < -0.39 is 0 Å². The first-order valence-corrected chi connectivity index (χ1v) is 8.64. The van der Waals surface area contributed by atoms with Crippen molar-refractivity contribution in [1.29, 1.82) is 0 Å². The molecule has 136 valence electrons. The summed E-state index contributed by atoms with van der Waals surface area (Å²) in [5, 5.41) is 3.65. The quantitative estimate of drug-likeness (QED) is 0.571. The van der Waals surface area contributed by atoms with Crippen molar-refractivity contribution in [2.24, 2.45) is 0 Å². The third-order valence-corrected chi connectivity index (χ3v) is 4.24. The molecule has 0 atom stereocenters. The minimum atomic E-state index is -0.307. The largest absolute Gasteiger partial charge is 0.494 e. The fraction of sp³-hybridized carbons (Fsp3) is 0.150. The van der Waals surface area contributed by atoms with E-state index in [1.54, 1.807) is 24.3 Å². The Morgan fingerprint density at radius 3 is 2.74 bits per heavy atom. The van der Waals surface area contributed by atoms with Crippen LogP contribution in [0.1, 0.15) is 6.92 Å². The van der Waals surface area contributed by atoms with E-state index in [0.717, 1.165) is 16.7 Å². The lowest BCUT2D eigenvalue weighted by atomic mass is 10.2. The normalized spacial score (nSPS) is 11.0. The summed E-state index contributed by atoms with van der Waals surface area (Å²) in [5.74, 6) is 0.429. The minimum Gasteiger partial charge on any atom is -0.494 e. The zero-order chi connectivity index (χ0) is 18.8. The summed E-state index contributed by atoms with van der Waals surface area (Å²) in [7, 11) is 0. The highest BCUT2D eigenvalue weighted by Gasteiger charge is 2.12. The van der Waals surface area contributed by atoms with Crippen molar-refractivity contribution in [1.82, 2.24) is 14.5 Å². The molecule has 0 aliphatic heterocycles. The molecule has 0 saturated carbocycles. The number of nitrogens with one attached hydrogen (secondary N) is 2. The topological polar surface area (TPSA) is 89.0 Å². The molecule has 0 saturated heterocycles. The molecule has 2 aromatic carbocycles. The van der Waals surface area contributed by atoms with Crippen LogP contribution in [0, 0.1) is 0 Å². The number of aromatic nitrogens is 3. The van der Waals surface area contributed by atoms with Crippen LogP contribution < -0.4 is 15.6 Å². The van der Waals surface area contributed by atoms with Crippen LogP contribution in [0.25, 0.3) is 21.9 Å². The van der Waals surface area contributed by atoms with Crippen molar-refractivity contribution in [3.05, 3.63) is 65.2 Å². The zero-order valence-electron chi connectivity index (χ0n) is 14.7. The number of fused-ring (bicyclic) bond motifs is 3. The SMILES string of the molecule is CCOc1ccc(NC(=O)Cn2cnc3c([nH]c4ccccc43)c2=O)cc1. The highest BCUT2D eigenvalue weighted by atomic mass is 16.5. The number of para-hydroxylation sites is 1. The van der Waals surface area contributed by atoms with Gasteiger partial charge in [0.1, 0.15) is 23.3 Å². The molecule has 0 aliphatic carbocycles. The van der Waals surface area contributed by atoms with Gasteiger partial charge in [-0.3, -0.25) is 14.2 Å². The van der Waals surface area contributed by atoms with Crippen molar-refractivity contribution in [2.75, 3.05) is 11.9 Å². The second kappa shape index (κ2) is 6.95. The molecule has 2 aromatic heterocycles. The van der Waals surface area contributed by atoms with Gasteiger partial charge in [-0.15, -0.1) is 0 Å². The van der Waals surface area contributed by atoms with E-state index in [-0.39, 0.29) is 18.0 Å². The standard InChI is InChI=1S/C20H18N4O3/c1-2-27-14-9-7-13(8-10-14)22-17(25)11-24-12-21-18-15-5-3-4-6-16(15)23-19(18)20(24)26/h3-10,12,23H,2,11H2,1H3,(H,22,25). The number of benzene rings is 2. The Kier molecular flexibility index (Phi) is 4.33. The minimum absolute atomic E-state index is 0.121. The summed E-state index contributed by atoms with van der Waals surface area (Å²) >= 11 is 0. The Morgan fingerprint density at radius 2 is 1.96 bits per heavy atom.